The molecular weight excluding hydrogens is 367 g/mol. The topological polar surface area (TPSA) is 42.5 Å². The highest BCUT2D eigenvalue weighted by Crippen LogP contribution is 2.30. The second-order valence-electron chi connectivity index (χ2n) is 4.59. The van der Waals surface area contributed by atoms with Crippen molar-refractivity contribution in [3.05, 3.63) is 47.3 Å². The van der Waals surface area contributed by atoms with E-state index >= 15 is 0 Å². The fourth-order valence-corrected chi connectivity index (χ4v) is 2.11. The summed E-state index contributed by atoms with van der Waals surface area (Å²) in [7, 11) is 2.78. The minimum atomic E-state index is -2.26. The summed E-state index contributed by atoms with van der Waals surface area (Å²) in [6.45, 7) is 0. The number of halogens is 5. The summed E-state index contributed by atoms with van der Waals surface area (Å²) in [5, 5.41) is 4.07. The summed E-state index contributed by atoms with van der Waals surface area (Å²) < 4.78 is 76.8. The number of hydrogen-bond donors (Lipinski definition) is 2. The van der Waals surface area contributed by atoms with Crippen LogP contribution in [0.5, 0.6) is 11.5 Å². The summed E-state index contributed by atoms with van der Waals surface area (Å²) >= 11 is 4.85. The third-order valence-corrected chi connectivity index (χ3v) is 3.31. The standard InChI is InChI=1S/C15H11F5N2O2S/c1-23-6-3-4-8(24-2)7(5-6)21-15(25)22-14-12(19)10(17)9(16)11(18)13(14)20/h3-5H,1-2H3,(H2,21,22,25). The molecule has 10 heteroatoms. The molecule has 0 radical (unpaired) electrons. The Morgan fingerprint density at radius 2 is 1.40 bits per heavy atom. The molecule has 2 N–H and O–H groups in total. The average Bonchev–Trinajstić information content (AvgIpc) is 2.61. The van der Waals surface area contributed by atoms with E-state index in [9.17, 15) is 22.0 Å². The summed E-state index contributed by atoms with van der Waals surface area (Å²) in [5.74, 6) is -9.75. The van der Waals surface area contributed by atoms with Crippen molar-refractivity contribution in [1.82, 2.24) is 0 Å². The molecule has 0 atom stereocenters. The Bertz CT molecular complexity index is 803. The van der Waals surface area contributed by atoms with Gasteiger partial charge in [0.25, 0.3) is 0 Å². The molecule has 0 aliphatic carbocycles. The van der Waals surface area contributed by atoms with Crippen LogP contribution in [0.4, 0.5) is 33.3 Å². The van der Waals surface area contributed by atoms with Crippen LogP contribution in [0.2, 0.25) is 0 Å². The second-order valence-corrected chi connectivity index (χ2v) is 5.00. The number of anilines is 2. The van der Waals surface area contributed by atoms with Crippen molar-refractivity contribution in [3.63, 3.8) is 0 Å². The molecule has 0 aromatic heterocycles. The SMILES string of the molecule is COc1ccc(OC)c(NC(=S)Nc2c(F)c(F)c(F)c(F)c2F)c1. The van der Waals surface area contributed by atoms with Crippen LogP contribution in [0.15, 0.2) is 18.2 Å². The van der Waals surface area contributed by atoms with Gasteiger partial charge in [-0.1, -0.05) is 0 Å². The van der Waals surface area contributed by atoms with E-state index in [4.69, 9.17) is 21.7 Å². The first-order valence-corrected chi connectivity index (χ1v) is 7.02. The summed E-state index contributed by atoms with van der Waals surface area (Å²) in [6.07, 6.45) is 0. The number of hydrogen-bond acceptors (Lipinski definition) is 3. The average molecular weight is 378 g/mol. The minimum absolute atomic E-state index is 0.253. The van der Waals surface area contributed by atoms with Crippen LogP contribution < -0.4 is 20.1 Å². The first-order chi connectivity index (χ1) is 11.8. The molecular formula is C15H11F5N2O2S. The Balaban J connectivity index is 2.30. The van der Waals surface area contributed by atoms with E-state index in [0.29, 0.717) is 11.5 Å². The number of rotatable bonds is 4. The number of thiocarbonyl (C=S) groups is 1. The van der Waals surface area contributed by atoms with E-state index in [0.717, 1.165) is 0 Å². The zero-order valence-electron chi connectivity index (χ0n) is 12.8. The summed E-state index contributed by atoms with van der Waals surface area (Å²) in [4.78, 5) is 0. The van der Waals surface area contributed by atoms with E-state index in [1.807, 2.05) is 5.32 Å². The van der Waals surface area contributed by atoms with Gasteiger partial charge in [-0.25, -0.2) is 22.0 Å². The molecule has 2 rings (SSSR count). The molecule has 4 nitrogen and oxygen atoms in total. The van der Waals surface area contributed by atoms with E-state index in [1.165, 1.54) is 26.4 Å². The van der Waals surface area contributed by atoms with Gasteiger partial charge >= 0.3 is 0 Å². The lowest BCUT2D eigenvalue weighted by Crippen LogP contribution is -2.22. The van der Waals surface area contributed by atoms with Gasteiger partial charge in [-0.15, -0.1) is 0 Å². The normalized spacial score (nSPS) is 10.4. The fraction of sp³-hybridized carbons (Fsp3) is 0.133. The maximum absolute atomic E-state index is 13.7. The molecule has 2 aromatic rings. The molecule has 0 amide bonds. The maximum atomic E-state index is 13.7. The molecule has 0 heterocycles. The largest absolute Gasteiger partial charge is 0.497 e. The highest BCUT2D eigenvalue weighted by atomic mass is 32.1. The van der Waals surface area contributed by atoms with Gasteiger partial charge in [-0.3, -0.25) is 0 Å². The van der Waals surface area contributed by atoms with Gasteiger partial charge < -0.3 is 20.1 Å². The van der Waals surface area contributed by atoms with Crippen molar-refractivity contribution >= 4 is 28.7 Å². The predicted molar refractivity (Wildman–Crippen MR) is 85.6 cm³/mol. The number of ether oxygens (including phenoxy) is 2. The Hall–Kier alpha value is -2.62. The Morgan fingerprint density at radius 1 is 0.840 bits per heavy atom. The van der Waals surface area contributed by atoms with E-state index in [-0.39, 0.29) is 5.69 Å². The highest BCUT2D eigenvalue weighted by molar-refractivity contribution is 7.80. The van der Waals surface area contributed by atoms with Crippen LogP contribution in [0.1, 0.15) is 0 Å². The first kappa shape index (κ1) is 18.7. The molecule has 2 aromatic carbocycles. The van der Waals surface area contributed by atoms with Gasteiger partial charge in [-0.2, -0.15) is 0 Å². The molecule has 0 bridgehead atoms. The third-order valence-electron chi connectivity index (χ3n) is 3.10. The smallest absolute Gasteiger partial charge is 0.200 e. The Kier molecular flexibility index (Phi) is 5.62. The van der Waals surface area contributed by atoms with Crippen LogP contribution in [-0.2, 0) is 0 Å². The Morgan fingerprint density at radius 3 is 1.92 bits per heavy atom. The summed E-state index contributed by atoms with van der Waals surface area (Å²) in [6, 6.07) is 4.58. The maximum Gasteiger partial charge on any atom is 0.200 e. The van der Waals surface area contributed by atoms with Crippen LogP contribution in [0, 0.1) is 29.1 Å². The Labute approximate surface area is 144 Å². The molecule has 0 unspecified atom stereocenters. The lowest BCUT2D eigenvalue weighted by molar-refractivity contribution is 0.382. The third kappa shape index (κ3) is 3.73. The molecule has 0 fully saturated rings. The zero-order valence-corrected chi connectivity index (χ0v) is 13.7. The van der Waals surface area contributed by atoms with E-state index < -0.39 is 39.9 Å². The van der Waals surface area contributed by atoms with Crippen molar-refractivity contribution in [3.8, 4) is 11.5 Å². The first-order valence-electron chi connectivity index (χ1n) is 6.61. The van der Waals surface area contributed by atoms with Crippen LogP contribution in [0.3, 0.4) is 0 Å². The van der Waals surface area contributed by atoms with Gasteiger partial charge in [0.1, 0.15) is 17.2 Å². The highest BCUT2D eigenvalue weighted by Gasteiger charge is 2.26. The zero-order chi connectivity index (χ0) is 18.7. The van der Waals surface area contributed by atoms with Crippen molar-refractivity contribution in [1.29, 1.82) is 0 Å². The predicted octanol–water partition coefficient (Wildman–Crippen LogP) is 4.21. The monoisotopic (exact) mass is 378 g/mol. The molecule has 0 saturated carbocycles. The van der Waals surface area contributed by atoms with Gasteiger partial charge in [-0.05, 0) is 24.4 Å². The van der Waals surface area contributed by atoms with E-state index in [1.54, 1.807) is 6.07 Å². The van der Waals surface area contributed by atoms with Gasteiger partial charge in [0.15, 0.2) is 28.4 Å². The molecule has 0 spiro atoms. The number of nitrogens with one attached hydrogen (secondary N) is 2. The van der Waals surface area contributed by atoms with Crippen molar-refractivity contribution in [2.45, 2.75) is 0 Å². The molecule has 0 aliphatic heterocycles. The van der Waals surface area contributed by atoms with Crippen LogP contribution >= 0.6 is 12.2 Å². The lowest BCUT2D eigenvalue weighted by atomic mass is 10.2. The quantitative estimate of drug-likeness (QED) is 0.361. The van der Waals surface area contributed by atoms with Crippen molar-refractivity contribution < 1.29 is 31.4 Å². The van der Waals surface area contributed by atoms with E-state index in [2.05, 4.69) is 5.32 Å². The molecule has 134 valence electrons. The van der Waals surface area contributed by atoms with Crippen LogP contribution in [0.25, 0.3) is 0 Å². The van der Waals surface area contributed by atoms with Crippen molar-refractivity contribution in [2.24, 2.45) is 0 Å². The van der Waals surface area contributed by atoms with Crippen molar-refractivity contribution in [2.75, 3.05) is 24.9 Å². The number of methoxy groups -OCH3 is 2. The second kappa shape index (κ2) is 7.51. The van der Waals surface area contributed by atoms with Gasteiger partial charge in [0.2, 0.25) is 5.82 Å². The number of benzene rings is 2. The van der Waals surface area contributed by atoms with Crippen LogP contribution in [-0.4, -0.2) is 19.3 Å². The fourth-order valence-electron chi connectivity index (χ4n) is 1.89. The molecule has 0 aliphatic rings. The van der Waals surface area contributed by atoms with Gasteiger partial charge in [0, 0.05) is 6.07 Å². The minimum Gasteiger partial charge on any atom is -0.497 e. The van der Waals surface area contributed by atoms with Gasteiger partial charge in [0.05, 0.1) is 19.9 Å². The molecule has 25 heavy (non-hydrogen) atoms. The molecule has 0 saturated heterocycles. The lowest BCUT2D eigenvalue weighted by Gasteiger charge is -2.15. The summed E-state index contributed by atoms with van der Waals surface area (Å²) in [5.41, 5.74) is -1.01.